The maximum atomic E-state index is 12.8. The number of aromatic amines is 1. The first-order valence-corrected chi connectivity index (χ1v) is 12.2. The number of para-hydroxylation sites is 1. The van der Waals surface area contributed by atoms with Crippen molar-refractivity contribution in [1.29, 1.82) is 0 Å². The number of nitrogens with zero attached hydrogens (tertiary/aromatic N) is 2. The van der Waals surface area contributed by atoms with Crippen molar-refractivity contribution in [1.82, 2.24) is 19.9 Å². The fourth-order valence-electron chi connectivity index (χ4n) is 4.85. The lowest BCUT2D eigenvalue weighted by Gasteiger charge is -2.23. The molecular weight excluding hydrogens is 500 g/mol. The Bertz CT molecular complexity index is 1750. The summed E-state index contributed by atoms with van der Waals surface area (Å²) >= 11 is 0. The Labute approximate surface area is 222 Å². The molecule has 2 aromatic carbocycles. The molecule has 4 heterocycles. The molecule has 0 saturated heterocycles. The summed E-state index contributed by atoms with van der Waals surface area (Å²) < 4.78 is 18.9. The van der Waals surface area contributed by atoms with Crippen molar-refractivity contribution in [2.75, 3.05) is 13.7 Å². The Morgan fingerprint density at radius 2 is 2.05 bits per heavy atom. The number of carboxylic acid groups (broad SMARTS) is 1. The number of aromatic nitrogens is 3. The highest BCUT2D eigenvalue weighted by Crippen LogP contribution is 2.39. The van der Waals surface area contributed by atoms with Crippen LogP contribution in [0.4, 0.5) is 0 Å². The molecule has 6 rings (SSSR count). The molecule has 0 radical (unpaired) electrons. The first-order valence-electron chi connectivity index (χ1n) is 12.2. The van der Waals surface area contributed by atoms with Gasteiger partial charge in [0.05, 0.1) is 24.9 Å². The number of pyridine rings is 1. The Kier molecular flexibility index (Phi) is 5.91. The van der Waals surface area contributed by atoms with Crippen molar-refractivity contribution in [3.05, 3.63) is 84.4 Å². The summed E-state index contributed by atoms with van der Waals surface area (Å²) in [6.45, 7) is -0.272. The summed E-state index contributed by atoms with van der Waals surface area (Å²) in [5.41, 5.74) is 4.20. The fraction of sp³-hybridized carbons (Fsp3) is 0.138. The third-order valence-electron chi connectivity index (χ3n) is 6.70. The highest BCUT2D eigenvalue weighted by molar-refractivity contribution is 5.99. The molecule has 1 aliphatic rings. The van der Waals surface area contributed by atoms with Gasteiger partial charge in [-0.05, 0) is 36.4 Å². The molecule has 1 aliphatic heterocycles. The van der Waals surface area contributed by atoms with E-state index >= 15 is 0 Å². The van der Waals surface area contributed by atoms with E-state index < -0.39 is 17.9 Å². The Hall–Kier alpha value is -5.25. The number of H-pyrrole nitrogens is 1. The number of benzene rings is 2. The van der Waals surface area contributed by atoms with Crippen LogP contribution in [0.3, 0.4) is 0 Å². The van der Waals surface area contributed by atoms with E-state index in [1.54, 1.807) is 31.5 Å². The van der Waals surface area contributed by atoms with Gasteiger partial charge in [-0.15, -0.1) is 0 Å². The topological polar surface area (TPSA) is 128 Å². The number of hydrogen-bond acceptors (Lipinski definition) is 6. The van der Waals surface area contributed by atoms with Crippen LogP contribution in [0.5, 0.6) is 17.2 Å². The number of ether oxygens (including phenoxy) is 3. The molecule has 39 heavy (non-hydrogen) atoms. The molecule has 3 aromatic heterocycles. The monoisotopic (exact) mass is 524 g/mol. The van der Waals surface area contributed by atoms with Gasteiger partial charge in [0.25, 0.3) is 5.91 Å². The Morgan fingerprint density at radius 1 is 1.18 bits per heavy atom. The summed E-state index contributed by atoms with van der Waals surface area (Å²) in [5.74, 6) is -0.389. The van der Waals surface area contributed by atoms with Crippen LogP contribution in [0.2, 0.25) is 0 Å². The maximum Gasteiger partial charge on any atom is 0.339 e. The molecule has 0 bridgehead atoms. The van der Waals surface area contributed by atoms with Gasteiger partial charge >= 0.3 is 5.97 Å². The molecule has 0 spiro atoms. The molecule has 5 aromatic rings. The second-order valence-corrected chi connectivity index (χ2v) is 9.11. The molecule has 196 valence electrons. The van der Waals surface area contributed by atoms with Gasteiger partial charge in [-0.25, -0.2) is 9.78 Å². The second kappa shape index (κ2) is 9.56. The van der Waals surface area contributed by atoms with Crippen LogP contribution in [-0.2, 0) is 11.8 Å². The zero-order chi connectivity index (χ0) is 27.1. The minimum atomic E-state index is -1.11. The van der Waals surface area contributed by atoms with Gasteiger partial charge in [0.1, 0.15) is 17.0 Å². The number of carbonyl (C=O) groups excluding carboxylic acids is 1. The van der Waals surface area contributed by atoms with Crippen molar-refractivity contribution in [3.63, 3.8) is 0 Å². The second-order valence-electron chi connectivity index (χ2n) is 9.11. The van der Waals surface area contributed by atoms with Gasteiger partial charge in [0.2, 0.25) is 0 Å². The molecule has 0 saturated carbocycles. The van der Waals surface area contributed by atoms with Crippen LogP contribution in [0, 0.1) is 0 Å². The lowest BCUT2D eigenvalue weighted by molar-refractivity contribution is -0.123. The van der Waals surface area contributed by atoms with Crippen LogP contribution in [0.1, 0.15) is 22.0 Å². The van der Waals surface area contributed by atoms with Crippen LogP contribution in [-0.4, -0.2) is 45.2 Å². The van der Waals surface area contributed by atoms with E-state index in [9.17, 15) is 14.7 Å². The number of nitrogens with one attached hydrogen (secondary N) is 2. The smallest absolute Gasteiger partial charge is 0.339 e. The van der Waals surface area contributed by atoms with Crippen LogP contribution in [0.25, 0.3) is 33.2 Å². The van der Waals surface area contributed by atoms with Crippen LogP contribution < -0.4 is 19.5 Å². The average Bonchev–Trinajstić information content (AvgIpc) is 3.51. The van der Waals surface area contributed by atoms with Crippen molar-refractivity contribution >= 4 is 33.8 Å². The Balaban J connectivity index is 1.23. The predicted molar refractivity (Wildman–Crippen MR) is 144 cm³/mol. The zero-order valence-corrected chi connectivity index (χ0v) is 21.1. The molecule has 10 heteroatoms. The van der Waals surface area contributed by atoms with Gasteiger partial charge in [-0.1, -0.05) is 12.1 Å². The summed E-state index contributed by atoms with van der Waals surface area (Å²) in [6.07, 6.45) is 6.78. The van der Waals surface area contributed by atoms with E-state index in [1.807, 2.05) is 42.1 Å². The average molecular weight is 525 g/mol. The molecule has 1 atom stereocenters. The standard InChI is InChI=1S/C29H24N4O6/c1-33-14-20(22-11-16-5-4-9-30-28(16)32-22)19-12-24(37-2)25(13-23(19)33)39-15-26(34)31-21-8-10-38-27-17(21)6-3-7-18(27)29(35)36/h3-14,21H,15H2,1-2H3,(H,30,32)(H,31,34)(H,35,36). The molecule has 1 amide bonds. The van der Waals surface area contributed by atoms with E-state index in [0.29, 0.717) is 17.1 Å². The normalized spacial score (nSPS) is 14.2. The quantitative estimate of drug-likeness (QED) is 0.285. The number of aromatic carboxylic acids is 1. The molecule has 10 nitrogen and oxygen atoms in total. The molecule has 0 aliphatic carbocycles. The highest BCUT2D eigenvalue weighted by Gasteiger charge is 2.25. The first-order chi connectivity index (χ1) is 18.9. The van der Waals surface area contributed by atoms with Gasteiger partial charge < -0.3 is 34.2 Å². The summed E-state index contributed by atoms with van der Waals surface area (Å²) in [5, 5.41) is 14.3. The maximum absolute atomic E-state index is 12.8. The van der Waals surface area contributed by atoms with E-state index in [-0.39, 0.29) is 17.9 Å². The lowest BCUT2D eigenvalue weighted by atomic mass is 10.0. The minimum absolute atomic E-state index is 0.0241. The number of hydrogen-bond donors (Lipinski definition) is 3. The molecule has 3 N–H and O–H groups in total. The number of fused-ring (bicyclic) bond motifs is 3. The van der Waals surface area contributed by atoms with Crippen molar-refractivity contribution in [3.8, 4) is 28.5 Å². The number of amides is 1. The number of methoxy groups -OCH3 is 1. The SMILES string of the molecule is COc1cc2c(-c3cc4cccnc4[nH]3)cn(C)c2cc1OCC(=O)NC1C=COc2c(C(=O)O)cccc21. The van der Waals surface area contributed by atoms with Gasteiger partial charge in [-0.3, -0.25) is 4.79 Å². The number of aryl methyl sites for hydroxylation is 1. The lowest BCUT2D eigenvalue weighted by Crippen LogP contribution is -2.33. The van der Waals surface area contributed by atoms with E-state index in [2.05, 4.69) is 21.4 Å². The number of rotatable bonds is 7. The van der Waals surface area contributed by atoms with Crippen molar-refractivity contribution in [2.24, 2.45) is 7.05 Å². The summed E-state index contributed by atoms with van der Waals surface area (Å²) in [4.78, 5) is 32.1. The minimum Gasteiger partial charge on any atom is -0.493 e. The first kappa shape index (κ1) is 24.1. The van der Waals surface area contributed by atoms with Gasteiger partial charge in [0.15, 0.2) is 18.1 Å². The van der Waals surface area contributed by atoms with Gasteiger partial charge in [-0.2, -0.15) is 0 Å². The van der Waals surface area contributed by atoms with E-state index in [1.165, 1.54) is 12.3 Å². The third kappa shape index (κ3) is 4.31. The number of carbonyl (C=O) groups is 2. The molecule has 1 unspecified atom stereocenters. The third-order valence-corrected chi connectivity index (χ3v) is 6.70. The predicted octanol–water partition coefficient (Wildman–Crippen LogP) is 4.57. The van der Waals surface area contributed by atoms with E-state index in [4.69, 9.17) is 14.2 Å². The van der Waals surface area contributed by atoms with Crippen molar-refractivity contribution in [2.45, 2.75) is 6.04 Å². The van der Waals surface area contributed by atoms with Crippen LogP contribution in [0.15, 0.2) is 73.3 Å². The molecule has 0 fully saturated rings. The highest BCUT2D eigenvalue weighted by atomic mass is 16.5. The van der Waals surface area contributed by atoms with E-state index in [0.717, 1.165) is 33.2 Å². The molecular formula is C29H24N4O6. The summed E-state index contributed by atoms with van der Waals surface area (Å²) in [7, 11) is 3.49. The summed E-state index contributed by atoms with van der Waals surface area (Å²) in [6, 6.07) is 13.9. The zero-order valence-electron chi connectivity index (χ0n) is 21.1. The number of carboxylic acids is 1. The Morgan fingerprint density at radius 3 is 2.85 bits per heavy atom. The fourth-order valence-corrected chi connectivity index (χ4v) is 4.85. The van der Waals surface area contributed by atoms with Crippen LogP contribution >= 0.6 is 0 Å². The van der Waals surface area contributed by atoms with Crippen molar-refractivity contribution < 1.29 is 28.9 Å². The van der Waals surface area contributed by atoms with Gasteiger partial charge in [0, 0.05) is 53.1 Å². The largest absolute Gasteiger partial charge is 0.493 e.